The second-order valence-electron chi connectivity index (χ2n) is 7.16. The molecule has 0 saturated carbocycles. The summed E-state index contributed by atoms with van der Waals surface area (Å²) in [6.45, 7) is -5.59. The number of hydrogen-bond acceptors (Lipinski definition) is 6. The van der Waals surface area contributed by atoms with Gasteiger partial charge in [0.1, 0.15) is 11.6 Å². The van der Waals surface area contributed by atoms with E-state index in [1.807, 2.05) is 0 Å². The molecule has 2 aromatic carbocycles. The second-order valence-corrected chi connectivity index (χ2v) is 7.16. The third-order valence-electron chi connectivity index (χ3n) is 4.83. The van der Waals surface area contributed by atoms with Gasteiger partial charge in [0.2, 0.25) is 0 Å². The fraction of sp³-hybridized carbons (Fsp3) is 0.167. The van der Waals surface area contributed by atoms with Crippen LogP contribution in [0.1, 0.15) is 41.2 Å². The van der Waals surface area contributed by atoms with E-state index in [1.165, 1.54) is 31.4 Å². The van der Waals surface area contributed by atoms with Crippen molar-refractivity contribution in [2.75, 3.05) is 7.11 Å². The molecule has 0 radical (unpaired) electrons. The summed E-state index contributed by atoms with van der Waals surface area (Å²) < 4.78 is 82.0. The van der Waals surface area contributed by atoms with Gasteiger partial charge in [0.15, 0.2) is 0 Å². The summed E-state index contributed by atoms with van der Waals surface area (Å²) in [6, 6.07) is 6.89. The average Bonchev–Trinajstić information content (AvgIpc) is 3.54. The fourth-order valence-corrected chi connectivity index (χ4v) is 3.04. The van der Waals surface area contributed by atoms with Crippen LogP contribution in [0, 0.1) is 11.6 Å². The quantitative estimate of drug-likeness (QED) is 0.216. The topological polar surface area (TPSA) is 129 Å². The predicted molar refractivity (Wildman–Crippen MR) is 125 cm³/mol. The number of alkyl halides is 4. The molecule has 0 aliphatic heterocycles. The minimum Gasteiger partial charge on any atom is -0.870 e. The van der Waals surface area contributed by atoms with Gasteiger partial charge in [0, 0.05) is 34.6 Å². The summed E-state index contributed by atoms with van der Waals surface area (Å²) in [5.41, 5.74) is 0.299. The van der Waals surface area contributed by atoms with Gasteiger partial charge in [-0.2, -0.15) is 27.8 Å². The van der Waals surface area contributed by atoms with Crippen LogP contribution in [-0.2, 0) is 4.74 Å². The van der Waals surface area contributed by atoms with Crippen LogP contribution in [0.5, 0.6) is 0 Å². The summed E-state index contributed by atoms with van der Waals surface area (Å²) in [5, 5.41) is 15.5. The molecule has 0 atom stereocenters. The summed E-state index contributed by atoms with van der Waals surface area (Å²) in [7, 11) is 1.18. The van der Waals surface area contributed by atoms with Gasteiger partial charge in [-0.1, -0.05) is 19.6 Å². The van der Waals surface area contributed by atoms with Crippen molar-refractivity contribution < 1.29 is 70.1 Å². The Morgan fingerprint density at radius 1 is 0.825 bits per heavy atom. The molecular weight excluding hydrogens is 545 g/mol. The van der Waals surface area contributed by atoms with Crippen LogP contribution >= 0.6 is 0 Å². The molecule has 0 amide bonds. The SMILES string of the molecule is C.COC(=O)c1ccc(-c2cnn(C(F)F)c2)c(F)c1.O=C(O)c1ccc(-c2cnn(C(F)F)c2)c(F)c1.[Li+].[OH-]. The zero-order chi connectivity index (χ0) is 27.3. The first-order valence-electron chi connectivity index (χ1n) is 10.1. The number of aromatic nitrogens is 4. The normalized spacial score (nSPS) is 10.0. The third kappa shape index (κ3) is 8.47. The van der Waals surface area contributed by atoms with Crippen LogP contribution in [0.25, 0.3) is 22.3 Å². The van der Waals surface area contributed by atoms with Crippen LogP contribution < -0.4 is 18.9 Å². The molecule has 210 valence electrons. The molecule has 0 unspecified atom stereocenters. The van der Waals surface area contributed by atoms with Gasteiger partial charge in [-0.3, -0.25) is 0 Å². The number of carbonyl (C=O) groups excluding carboxylic acids is 1. The second kappa shape index (κ2) is 15.5. The van der Waals surface area contributed by atoms with E-state index in [4.69, 9.17) is 5.11 Å². The Balaban J connectivity index is 0.000000708. The van der Waals surface area contributed by atoms with Crippen LogP contribution in [0.3, 0.4) is 0 Å². The Labute approximate surface area is 235 Å². The van der Waals surface area contributed by atoms with Gasteiger partial charge >= 0.3 is 43.9 Å². The molecule has 0 aliphatic carbocycles. The van der Waals surface area contributed by atoms with Crippen LogP contribution in [0.2, 0.25) is 0 Å². The van der Waals surface area contributed by atoms with E-state index in [0.29, 0.717) is 9.36 Å². The standard InChI is InChI=1S/C12H9F3N2O2.C11H7F3N2O2.CH4.Li.H2O/c1-19-11(18)7-2-3-9(10(13)4-7)8-5-16-17(6-8)12(14)15;12-9-3-6(10(17)18)1-2-8(9)7-4-15-16(5-7)11(13)14;;;/h2-6,12H,1H3;1-5,11H,(H,17,18);1H4;;1H2/q;;;+1;/p-1. The first-order valence-corrected chi connectivity index (χ1v) is 10.1. The molecule has 2 aromatic heterocycles. The Morgan fingerprint density at radius 2 is 1.23 bits per heavy atom. The molecular formula is C24H21F6LiN4O5. The van der Waals surface area contributed by atoms with E-state index in [-0.39, 0.29) is 65.1 Å². The number of hydrogen-bond donors (Lipinski definition) is 1. The number of rotatable bonds is 6. The van der Waals surface area contributed by atoms with Crippen LogP contribution in [0.15, 0.2) is 61.2 Å². The Bertz CT molecular complexity index is 1430. The minimum absolute atomic E-state index is 0. The Hall–Kier alpha value is -4.06. The molecule has 0 aliphatic rings. The fourth-order valence-electron chi connectivity index (χ4n) is 3.04. The van der Waals surface area contributed by atoms with Gasteiger partial charge in [-0.25, -0.2) is 27.7 Å². The molecule has 2 heterocycles. The molecule has 4 rings (SSSR count). The number of ether oxygens (including phenoxy) is 1. The van der Waals surface area contributed by atoms with Crippen molar-refractivity contribution in [2.24, 2.45) is 0 Å². The number of carboxylic acids is 1. The number of benzene rings is 2. The maximum atomic E-state index is 13.8. The number of nitrogens with zero attached hydrogens (tertiary/aromatic N) is 4. The Kier molecular flexibility index (Phi) is 13.9. The van der Waals surface area contributed by atoms with Gasteiger partial charge < -0.3 is 15.3 Å². The number of halogens is 6. The van der Waals surface area contributed by atoms with Crippen molar-refractivity contribution >= 4 is 11.9 Å². The van der Waals surface area contributed by atoms with Crippen molar-refractivity contribution in [1.82, 2.24) is 19.6 Å². The summed E-state index contributed by atoms with van der Waals surface area (Å²) >= 11 is 0. The predicted octanol–water partition coefficient (Wildman–Crippen LogP) is 3.12. The first-order chi connectivity index (χ1) is 17.5. The number of carboxylic acid groups (broad SMARTS) is 1. The van der Waals surface area contributed by atoms with Gasteiger partial charge in [0.25, 0.3) is 0 Å². The summed E-state index contributed by atoms with van der Waals surface area (Å²) in [6.07, 6.45) is 4.23. The minimum atomic E-state index is -2.81. The van der Waals surface area contributed by atoms with Crippen LogP contribution in [0.4, 0.5) is 26.3 Å². The Morgan fingerprint density at radius 3 is 1.55 bits per heavy atom. The summed E-state index contributed by atoms with van der Waals surface area (Å²) in [5.74, 6) is -3.45. The van der Waals surface area contributed by atoms with Gasteiger partial charge in [0.05, 0.1) is 30.6 Å². The number of esters is 1. The van der Waals surface area contributed by atoms with E-state index < -0.39 is 36.7 Å². The van der Waals surface area contributed by atoms with Crippen molar-refractivity contribution in [3.05, 3.63) is 83.9 Å². The maximum absolute atomic E-state index is 13.8. The maximum Gasteiger partial charge on any atom is 1.00 e. The molecule has 9 nitrogen and oxygen atoms in total. The van der Waals surface area contributed by atoms with Crippen molar-refractivity contribution in [3.63, 3.8) is 0 Å². The number of methoxy groups -OCH3 is 1. The molecule has 0 spiro atoms. The zero-order valence-electron chi connectivity index (χ0n) is 20.1. The zero-order valence-corrected chi connectivity index (χ0v) is 20.1. The van der Waals surface area contributed by atoms with Crippen LogP contribution in [-0.4, -0.2) is 49.2 Å². The monoisotopic (exact) mass is 566 g/mol. The third-order valence-corrected chi connectivity index (χ3v) is 4.83. The van der Waals surface area contributed by atoms with Crippen molar-refractivity contribution in [1.29, 1.82) is 0 Å². The first kappa shape index (κ1) is 35.9. The molecule has 2 N–H and O–H groups in total. The smallest absolute Gasteiger partial charge is 0.870 e. The van der Waals surface area contributed by atoms with Crippen molar-refractivity contribution in [2.45, 2.75) is 20.5 Å². The molecule has 0 fully saturated rings. The number of aromatic carboxylic acids is 1. The summed E-state index contributed by atoms with van der Waals surface area (Å²) in [4.78, 5) is 21.8. The van der Waals surface area contributed by atoms with Gasteiger partial charge in [-0.15, -0.1) is 0 Å². The van der Waals surface area contributed by atoms with E-state index in [2.05, 4.69) is 14.9 Å². The average molecular weight is 566 g/mol. The van der Waals surface area contributed by atoms with Crippen molar-refractivity contribution in [3.8, 4) is 22.3 Å². The molecule has 0 saturated heterocycles. The van der Waals surface area contributed by atoms with E-state index in [9.17, 15) is 35.9 Å². The van der Waals surface area contributed by atoms with E-state index in [0.717, 1.165) is 36.9 Å². The number of carbonyl (C=O) groups is 2. The van der Waals surface area contributed by atoms with E-state index >= 15 is 0 Å². The molecule has 0 bridgehead atoms. The van der Waals surface area contributed by atoms with Gasteiger partial charge in [-0.05, 0) is 24.3 Å². The molecule has 40 heavy (non-hydrogen) atoms. The van der Waals surface area contributed by atoms with E-state index in [1.54, 1.807) is 0 Å². The molecule has 4 aromatic rings. The molecule has 16 heteroatoms. The largest absolute Gasteiger partial charge is 1.00 e.